The third-order valence-corrected chi connectivity index (χ3v) is 4.07. The fourth-order valence-corrected chi connectivity index (χ4v) is 3.39. The number of rotatable bonds is 1. The van der Waals surface area contributed by atoms with Crippen LogP contribution in [0.4, 0.5) is 0 Å². The van der Waals surface area contributed by atoms with Crippen molar-refractivity contribution in [2.75, 3.05) is 13.7 Å². The summed E-state index contributed by atoms with van der Waals surface area (Å²) in [5.74, 6) is -0.0843. The predicted molar refractivity (Wildman–Crippen MR) is 58.5 cm³/mol. The first-order valence-electron chi connectivity index (χ1n) is 5.80. The number of esters is 1. The van der Waals surface area contributed by atoms with E-state index in [9.17, 15) is 4.79 Å². The molecular formula is C12H21NO2. The van der Waals surface area contributed by atoms with Crippen LogP contribution in [0.1, 0.15) is 39.5 Å². The number of carbonyl (C=O) groups excluding carboxylic acids is 1. The lowest BCUT2D eigenvalue weighted by Crippen LogP contribution is -2.68. The molecule has 0 bridgehead atoms. The second-order valence-corrected chi connectivity index (χ2v) is 5.89. The SMILES string of the molecule is COC(=O)[C@H]1NC[C@]12CCCC(C)(C)C2. The standard InChI is InChI=1S/C12H21NO2/c1-11(2)5-4-6-12(7-11)8-13-9(12)10(14)15-3/h9,13H,4-8H2,1-3H3/t9-,12-/m1/s1. The third-order valence-electron chi connectivity index (χ3n) is 4.07. The molecule has 0 aromatic heterocycles. The molecule has 0 aromatic rings. The first-order valence-corrected chi connectivity index (χ1v) is 5.80. The zero-order valence-electron chi connectivity index (χ0n) is 9.93. The fourth-order valence-electron chi connectivity index (χ4n) is 3.39. The average Bonchev–Trinajstić information content (AvgIpc) is 2.14. The lowest BCUT2D eigenvalue weighted by Gasteiger charge is -2.55. The molecule has 2 rings (SSSR count). The second kappa shape index (κ2) is 3.48. The number of hydrogen-bond donors (Lipinski definition) is 1. The maximum absolute atomic E-state index is 11.6. The molecule has 1 saturated heterocycles. The van der Waals surface area contributed by atoms with Crippen molar-refractivity contribution in [2.24, 2.45) is 10.8 Å². The molecule has 0 aromatic carbocycles. The van der Waals surface area contributed by atoms with Crippen molar-refractivity contribution in [1.82, 2.24) is 5.32 Å². The molecule has 15 heavy (non-hydrogen) atoms. The molecule has 0 unspecified atom stereocenters. The molecule has 0 radical (unpaired) electrons. The van der Waals surface area contributed by atoms with Gasteiger partial charge in [0.1, 0.15) is 6.04 Å². The Kier molecular flexibility index (Phi) is 2.53. The van der Waals surface area contributed by atoms with E-state index < -0.39 is 0 Å². The van der Waals surface area contributed by atoms with Crippen molar-refractivity contribution in [2.45, 2.75) is 45.6 Å². The van der Waals surface area contributed by atoms with Crippen LogP contribution in [0.15, 0.2) is 0 Å². The van der Waals surface area contributed by atoms with Gasteiger partial charge in [-0.25, -0.2) is 0 Å². The molecule has 3 heteroatoms. The Morgan fingerprint density at radius 1 is 1.40 bits per heavy atom. The molecule has 1 aliphatic heterocycles. The molecule has 2 atom stereocenters. The van der Waals surface area contributed by atoms with Crippen LogP contribution in [0.3, 0.4) is 0 Å². The maximum atomic E-state index is 11.6. The zero-order valence-corrected chi connectivity index (χ0v) is 9.93. The van der Waals surface area contributed by atoms with E-state index in [1.165, 1.54) is 26.4 Å². The minimum atomic E-state index is -0.0843. The molecule has 1 spiro atoms. The van der Waals surface area contributed by atoms with Crippen LogP contribution in [-0.4, -0.2) is 25.7 Å². The highest BCUT2D eigenvalue weighted by Gasteiger charge is 2.54. The summed E-state index contributed by atoms with van der Waals surface area (Å²) < 4.78 is 4.85. The second-order valence-electron chi connectivity index (χ2n) is 5.89. The molecule has 1 N–H and O–H groups in total. The highest BCUT2D eigenvalue weighted by Crippen LogP contribution is 2.51. The molecule has 2 fully saturated rings. The van der Waals surface area contributed by atoms with Crippen molar-refractivity contribution < 1.29 is 9.53 Å². The Bertz CT molecular complexity index is 275. The molecule has 0 amide bonds. The molecule has 3 nitrogen and oxygen atoms in total. The Morgan fingerprint density at radius 3 is 2.60 bits per heavy atom. The van der Waals surface area contributed by atoms with Gasteiger partial charge in [0.2, 0.25) is 0 Å². The summed E-state index contributed by atoms with van der Waals surface area (Å²) in [5, 5.41) is 3.22. The minimum Gasteiger partial charge on any atom is -0.468 e. The lowest BCUT2D eigenvalue weighted by molar-refractivity contribution is -0.155. The quantitative estimate of drug-likeness (QED) is 0.671. The van der Waals surface area contributed by atoms with Crippen molar-refractivity contribution in [3.05, 3.63) is 0 Å². The fraction of sp³-hybridized carbons (Fsp3) is 0.917. The number of ether oxygens (including phenoxy) is 1. The highest BCUT2D eigenvalue weighted by molar-refractivity contribution is 5.78. The summed E-state index contributed by atoms with van der Waals surface area (Å²) in [6.45, 7) is 5.59. The largest absolute Gasteiger partial charge is 0.468 e. The molecule has 1 aliphatic carbocycles. The van der Waals surface area contributed by atoms with Crippen LogP contribution in [0.5, 0.6) is 0 Å². The van der Waals surface area contributed by atoms with Crippen LogP contribution in [-0.2, 0) is 9.53 Å². The summed E-state index contributed by atoms with van der Waals surface area (Å²) >= 11 is 0. The Hall–Kier alpha value is -0.570. The van der Waals surface area contributed by atoms with Gasteiger partial charge in [-0.2, -0.15) is 0 Å². The van der Waals surface area contributed by atoms with Crippen molar-refractivity contribution in [3.8, 4) is 0 Å². The van der Waals surface area contributed by atoms with Crippen LogP contribution >= 0.6 is 0 Å². The smallest absolute Gasteiger partial charge is 0.323 e. The molecule has 86 valence electrons. The van der Waals surface area contributed by atoms with Crippen LogP contribution in [0, 0.1) is 10.8 Å². The van der Waals surface area contributed by atoms with Crippen molar-refractivity contribution >= 4 is 5.97 Å². The lowest BCUT2D eigenvalue weighted by atomic mass is 9.57. The summed E-state index contributed by atoms with van der Waals surface area (Å²) in [7, 11) is 1.48. The highest BCUT2D eigenvalue weighted by atomic mass is 16.5. The van der Waals surface area contributed by atoms with Crippen LogP contribution in [0.2, 0.25) is 0 Å². The van der Waals surface area contributed by atoms with Crippen LogP contribution in [0.25, 0.3) is 0 Å². The number of hydrogen-bond acceptors (Lipinski definition) is 3. The van der Waals surface area contributed by atoms with E-state index in [1.807, 2.05) is 0 Å². The number of methoxy groups -OCH3 is 1. The van der Waals surface area contributed by atoms with Crippen molar-refractivity contribution in [3.63, 3.8) is 0 Å². The Balaban J connectivity index is 2.10. The first kappa shape index (κ1) is 10.9. The van der Waals surface area contributed by atoms with Gasteiger partial charge in [0.05, 0.1) is 7.11 Å². The Morgan fingerprint density at radius 2 is 2.13 bits per heavy atom. The summed E-state index contributed by atoms with van der Waals surface area (Å²) in [4.78, 5) is 11.6. The number of nitrogens with one attached hydrogen (secondary N) is 1. The van der Waals surface area contributed by atoms with E-state index in [0.717, 1.165) is 13.0 Å². The van der Waals surface area contributed by atoms with Crippen molar-refractivity contribution in [1.29, 1.82) is 0 Å². The minimum absolute atomic E-state index is 0.0536. The molecule has 2 aliphatic rings. The summed E-state index contributed by atoms with van der Waals surface area (Å²) in [6.07, 6.45) is 4.83. The monoisotopic (exact) mass is 211 g/mol. The third kappa shape index (κ3) is 1.78. The maximum Gasteiger partial charge on any atom is 0.323 e. The van der Waals surface area contributed by atoms with E-state index in [-0.39, 0.29) is 17.4 Å². The average molecular weight is 211 g/mol. The normalized spacial score (nSPS) is 38.5. The van der Waals surface area contributed by atoms with Gasteiger partial charge in [-0.1, -0.05) is 20.3 Å². The summed E-state index contributed by atoms with van der Waals surface area (Å²) in [5.41, 5.74) is 0.571. The Labute approximate surface area is 91.6 Å². The number of carbonyl (C=O) groups is 1. The van der Waals surface area contributed by atoms with Crippen LogP contribution < -0.4 is 5.32 Å². The van der Waals surface area contributed by atoms with E-state index in [4.69, 9.17) is 4.74 Å². The van der Waals surface area contributed by atoms with E-state index >= 15 is 0 Å². The van der Waals surface area contributed by atoms with Gasteiger partial charge in [0.15, 0.2) is 0 Å². The van der Waals surface area contributed by atoms with Gasteiger partial charge in [-0.05, 0) is 24.7 Å². The van der Waals surface area contributed by atoms with E-state index in [0.29, 0.717) is 5.41 Å². The topological polar surface area (TPSA) is 38.3 Å². The van der Waals surface area contributed by atoms with Gasteiger partial charge in [0.25, 0.3) is 0 Å². The molecule has 1 heterocycles. The van der Waals surface area contributed by atoms with Gasteiger partial charge < -0.3 is 10.1 Å². The van der Waals surface area contributed by atoms with Gasteiger partial charge in [-0.3, -0.25) is 4.79 Å². The van der Waals surface area contributed by atoms with Gasteiger partial charge in [-0.15, -0.1) is 0 Å². The first-order chi connectivity index (χ1) is 6.99. The van der Waals surface area contributed by atoms with Gasteiger partial charge in [0, 0.05) is 12.0 Å². The molecular weight excluding hydrogens is 190 g/mol. The predicted octanol–water partition coefficient (Wildman–Crippen LogP) is 1.72. The molecule has 1 saturated carbocycles. The summed E-state index contributed by atoms with van der Waals surface area (Å²) in [6, 6.07) is -0.0536. The van der Waals surface area contributed by atoms with Gasteiger partial charge >= 0.3 is 5.97 Å². The zero-order chi connectivity index (χ0) is 11.1. The van der Waals surface area contributed by atoms with E-state index in [1.54, 1.807) is 0 Å². The van der Waals surface area contributed by atoms with E-state index in [2.05, 4.69) is 19.2 Å².